The van der Waals surface area contributed by atoms with E-state index in [4.69, 9.17) is 9.84 Å². The van der Waals surface area contributed by atoms with Crippen molar-refractivity contribution in [1.82, 2.24) is 9.80 Å². The summed E-state index contributed by atoms with van der Waals surface area (Å²) in [6, 6.07) is 7.75. The Labute approximate surface area is 119 Å². The van der Waals surface area contributed by atoms with Gasteiger partial charge in [-0.15, -0.1) is 0 Å². The van der Waals surface area contributed by atoms with E-state index >= 15 is 0 Å². The maximum atomic E-state index is 10.6. The number of piperazine rings is 1. The molecule has 1 fully saturated rings. The van der Waals surface area contributed by atoms with Gasteiger partial charge in [0.2, 0.25) is 0 Å². The summed E-state index contributed by atoms with van der Waals surface area (Å²) in [5.41, 5.74) is 0.890. The molecule has 0 aromatic heterocycles. The fourth-order valence-corrected chi connectivity index (χ4v) is 3.10. The number of hydrogen-bond acceptors (Lipinski definition) is 5. The fourth-order valence-electron chi connectivity index (χ4n) is 3.10. The van der Waals surface area contributed by atoms with E-state index < -0.39 is 6.10 Å². The molecule has 0 radical (unpaired) electrons. The first-order valence-corrected chi connectivity index (χ1v) is 7.26. The van der Waals surface area contributed by atoms with Gasteiger partial charge in [-0.3, -0.25) is 9.80 Å². The molecule has 2 unspecified atom stereocenters. The average Bonchev–Trinajstić information content (AvgIpc) is 2.49. The highest BCUT2D eigenvalue weighted by atomic mass is 16.5. The number of β-amino-alcohol motifs (C(OH)–C–C–N with tert-alkyl or cyclic N) is 1. The molecule has 2 N–H and O–H groups in total. The van der Waals surface area contributed by atoms with Crippen LogP contribution in [0.3, 0.4) is 0 Å². The third-order valence-electron chi connectivity index (χ3n) is 4.30. The zero-order valence-corrected chi connectivity index (χ0v) is 11.6. The van der Waals surface area contributed by atoms with E-state index in [9.17, 15) is 5.11 Å². The number of hydrogen-bond donors (Lipinski definition) is 2. The maximum absolute atomic E-state index is 10.6. The van der Waals surface area contributed by atoms with Crippen molar-refractivity contribution >= 4 is 0 Å². The Balaban J connectivity index is 1.65. The molecule has 0 spiro atoms. The number of aliphatic hydroxyl groups is 2. The molecule has 2 aliphatic rings. The Morgan fingerprint density at radius 1 is 1.15 bits per heavy atom. The predicted octanol–water partition coefficient (Wildman–Crippen LogP) is 0.0909. The lowest BCUT2D eigenvalue weighted by molar-refractivity contribution is -0.0187. The average molecular weight is 278 g/mol. The second kappa shape index (κ2) is 6.10. The third-order valence-corrected chi connectivity index (χ3v) is 4.30. The summed E-state index contributed by atoms with van der Waals surface area (Å²) in [6.45, 7) is 5.18. The van der Waals surface area contributed by atoms with Crippen LogP contribution in [0.1, 0.15) is 11.7 Å². The standard InChI is InChI=1S/C15H22N2O3/c18-10-9-16-5-7-17(8-6-16)13-11-20-14-4-2-1-3-12(14)15(13)19/h1-4,13,15,18-19H,5-11H2. The van der Waals surface area contributed by atoms with Gasteiger partial charge in [0, 0.05) is 38.3 Å². The highest BCUT2D eigenvalue weighted by molar-refractivity contribution is 5.37. The van der Waals surface area contributed by atoms with Crippen LogP contribution in [0.25, 0.3) is 0 Å². The Hall–Kier alpha value is -1.14. The van der Waals surface area contributed by atoms with E-state index in [1.54, 1.807) is 0 Å². The van der Waals surface area contributed by atoms with E-state index in [1.807, 2.05) is 24.3 Å². The fraction of sp³-hybridized carbons (Fsp3) is 0.600. The molecule has 2 aliphatic heterocycles. The van der Waals surface area contributed by atoms with Crippen LogP contribution < -0.4 is 4.74 Å². The van der Waals surface area contributed by atoms with Gasteiger partial charge < -0.3 is 14.9 Å². The maximum Gasteiger partial charge on any atom is 0.125 e. The summed E-state index contributed by atoms with van der Waals surface area (Å²) in [7, 11) is 0. The Kier molecular flexibility index (Phi) is 4.21. The van der Waals surface area contributed by atoms with Crippen LogP contribution in [0, 0.1) is 0 Å². The number of fused-ring (bicyclic) bond motifs is 1. The number of para-hydroxylation sites is 1. The van der Waals surface area contributed by atoms with Crippen LogP contribution >= 0.6 is 0 Å². The minimum absolute atomic E-state index is 0.0289. The number of ether oxygens (including phenoxy) is 1. The minimum Gasteiger partial charge on any atom is -0.491 e. The molecule has 1 aromatic rings. The summed E-state index contributed by atoms with van der Waals surface area (Å²) >= 11 is 0. The largest absolute Gasteiger partial charge is 0.491 e. The molecular formula is C15H22N2O3. The highest BCUT2D eigenvalue weighted by Crippen LogP contribution is 2.34. The molecule has 0 aliphatic carbocycles. The molecule has 5 nitrogen and oxygen atoms in total. The van der Waals surface area contributed by atoms with E-state index in [0.717, 1.165) is 44.0 Å². The van der Waals surface area contributed by atoms with Crippen molar-refractivity contribution in [3.8, 4) is 5.75 Å². The van der Waals surface area contributed by atoms with Crippen molar-refractivity contribution in [3.05, 3.63) is 29.8 Å². The number of nitrogens with zero attached hydrogens (tertiary/aromatic N) is 2. The first-order chi connectivity index (χ1) is 9.79. The van der Waals surface area contributed by atoms with Gasteiger partial charge in [0.1, 0.15) is 18.5 Å². The van der Waals surface area contributed by atoms with E-state index in [2.05, 4.69) is 9.80 Å². The summed E-state index contributed by atoms with van der Waals surface area (Å²) < 4.78 is 5.78. The first kappa shape index (κ1) is 13.8. The molecule has 1 saturated heterocycles. The SMILES string of the molecule is OCCN1CCN(C2COc3ccccc3C2O)CC1. The van der Waals surface area contributed by atoms with E-state index in [0.29, 0.717) is 6.61 Å². The van der Waals surface area contributed by atoms with E-state index in [1.165, 1.54) is 0 Å². The Bertz CT molecular complexity index is 446. The van der Waals surface area contributed by atoms with Gasteiger partial charge in [0.15, 0.2) is 0 Å². The van der Waals surface area contributed by atoms with Crippen molar-refractivity contribution in [2.24, 2.45) is 0 Å². The Morgan fingerprint density at radius 3 is 2.65 bits per heavy atom. The van der Waals surface area contributed by atoms with Crippen molar-refractivity contribution < 1.29 is 14.9 Å². The molecule has 2 atom stereocenters. The van der Waals surface area contributed by atoms with E-state index in [-0.39, 0.29) is 12.6 Å². The first-order valence-electron chi connectivity index (χ1n) is 7.26. The molecule has 3 rings (SSSR count). The van der Waals surface area contributed by atoms with Gasteiger partial charge in [-0.2, -0.15) is 0 Å². The second-order valence-corrected chi connectivity index (χ2v) is 5.46. The second-order valence-electron chi connectivity index (χ2n) is 5.46. The monoisotopic (exact) mass is 278 g/mol. The summed E-state index contributed by atoms with van der Waals surface area (Å²) in [6.07, 6.45) is -0.482. The zero-order valence-electron chi connectivity index (χ0n) is 11.6. The van der Waals surface area contributed by atoms with Crippen LogP contribution in [0.2, 0.25) is 0 Å². The normalized spacial score (nSPS) is 27.9. The minimum atomic E-state index is -0.482. The molecular weight excluding hydrogens is 256 g/mol. The molecule has 2 heterocycles. The Morgan fingerprint density at radius 2 is 1.90 bits per heavy atom. The lowest BCUT2D eigenvalue weighted by atomic mass is 9.97. The molecule has 5 heteroatoms. The van der Waals surface area contributed by atoms with Crippen LogP contribution in [-0.4, -0.2) is 72.0 Å². The van der Waals surface area contributed by atoms with Gasteiger partial charge in [-0.05, 0) is 6.07 Å². The van der Waals surface area contributed by atoms with Crippen LogP contribution in [0.4, 0.5) is 0 Å². The van der Waals surface area contributed by atoms with Crippen LogP contribution in [0.5, 0.6) is 5.75 Å². The number of rotatable bonds is 3. The number of aliphatic hydroxyl groups excluding tert-OH is 2. The topological polar surface area (TPSA) is 56.2 Å². The smallest absolute Gasteiger partial charge is 0.125 e. The molecule has 110 valence electrons. The molecule has 0 amide bonds. The van der Waals surface area contributed by atoms with Crippen molar-refractivity contribution in [2.45, 2.75) is 12.1 Å². The van der Waals surface area contributed by atoms with Gasteiger partial charge in [-0.25, -0.2) is 0 Å². The molecule has 0 saturated carbocycles. The summed E-state index contributed by atoms with van der Waals surface area (Å²) in [4.78, 5) is 4.55. The number of benzene rings is 1. The van der Waals surface area contributed by atoms with Crippen molar-refractivity contribution in [1.29, 1.82) is 0 Å². The molecule has 0 bridgehead atoms. The van der Waals surface area contributed by atoms with Gasteiger partial charge >= 0.3 is 0 Å². The molecule has 20 heavy (non-hydrogen) atoms. The molecule has 1 aromatic carbocycles. The summed E-state index contributed by atoms with van der Waals surface area (Å²) in [5.74, 6) is 0.801. The van der Waals surface area contributed by atoms with Crippen LogP contribution in [-0.2, 0) is 0 Å². The van der Waals surface area contributed by atoms with Crippen molar-refractivity contribution in [2.75, 3.05) is 45.9 Å². The highest BCUT2D eigenvalue weighted by Gasteiger charge is 2.34. The summed E-state index contributed by atoms with van der Waals surface area (Å²) in [5, 5.41) is 19.5. The van der Waals surface area contributed by atoms with Gasteiger partial charge in [-0.1, -0.05) is 18.2 Å². The lowest BCUT2D eigenvalue weighted by Gasteiger charge is -2.42. The van der Waals surface area contributed by atoms with Gasteiger partial charge in [0.05, 0.1) is 12.6 Å². The van der Waals surface area contributed by atoms with Crippen LogP contribution in [0.15, 0.2) is 24.3 Å². The quantitative estimate of drug-likeness (QED) is 0.821. The predicted molar refractivity (Wildman–Crippen MR) is 75.8 cm³/mol. The third kappa shape index (κ3) is 2.67. The van der Waals surface area contributed by atoms with Crippen molar-refractivity contribution in [3.63, 3.8) is 0 Å². The van der Waals surface area contributed by atoms with Gasteiger partial charge in [0.25, 0.3) is 0 Å². The lowest BCUT2D eigenvalue weighted by Crippen LogP contribution is -2.54. The zero-order chi connectivity index (χ0) is 13.9.